The van der Waals surface area contributed by atoms with Gasteiger partial charge in [0.15, 0.2) is 5.82 Å². The Labute approximate surface area is 215 Å². The van der Waals surface area contributed by atoms with Crippen LogP contribution in [-0.2, 0) is 17.7 Å². The third kappa shape index (κ3) is 4.76. The molecule has 2 aromatic carbocycles. The lowest BCUT2D eigenvalue weighted by atomic mass is 9.96. The van der Waals surface area contributed by atoms with Crippen molar-refractivity contribution in [1.29, 1.82) is 0 Å². The molecule has 37 heavy (non-hydrogen) atoms. The van der Waals surface area contributed by atoms with E-state index in [0.29, 0.717) is 36.6 Å². The van der Waals surface area contributed by atoms with Gasteiger partial charge in [0.25, 0.3) is 5.91 Å². The van der Waals surface area contributed by atoms with Crippen LogP contribution in [0.1, 0.15) is 34.3 Å². The molecule has 0 radical (unpaired) electrons. The average molecular weight is 503 g/mol. The number of nitrogens with two attached hydrogens (primary N) is 1. The SMILES string of the molecule is Nc1nc(F)c(-c2ccc(N3CCOCC3)c(CN3CCCC3)c2)nc1-c1ccc2c(c1)CCNC2=O. The molecule has 0 atom stereocenters. The number of morpholine rings is 1. The fraction of sp³-hybridized carbons (Fsp3) is 0.393. The van der Waals surface area contributed by atoms with Gasteiger partial charge in [0, 0.05) is 48.6 Å². The summed E-state index contributed by atoms with van der Waals surface area (Å²) in [6.07, 6.45) is 3.13. The molecule has 2 saturated heterocycles. The van der Waals surface area contributed by atoms with Gasteiger partial charge in [-0.3, -0.25) is 9.69 Å². The normalized spacial score (nSPS) is 18.1. The number of halogens is 1. The van der Waals surface area contributed by atoms with Gasteiger partial charge in [0.1, 0.15) is 11.4 Å². The van der Waals surface area contributed by atoms with E-state index in [1.54, 1.807) is 12.1 Å². The summed E-state index contributed by atoms with van der Waals surface area (Å²) in [5.74, 6) is -0.744. The summed E-state index contributed by atoms with van der Waals surface area (Å²) in [6.45, 7) is 6.62. The molecule has 192 valence electrons. The van der Waals surface area contributed by atoms with Crippen LogP contribution in [0.2, 0.25) is 0 Å². The van der Waals surface area contributed by atoms with E-state index in [2.05, 4.69) is 31.2 Å². The number of anilines is 2. The first-order chi connectivity index (χ1) is 18.1. The molecule has 0 aliphatic carbocycles. The lowest BCUT2D eigenvalue weighted by Crippen LogP contribution is -2.37. The van der Waals surface area contributed by atoms with E-state index in [1.807, 2.05) is 18.2 Å². The molecule has 0 bridgehead atoms. The number of nitrogen functional groups attached to an aromatic ring is 1. The topological polar surface area (TPSA) is 96.6 Å². The predicted octanol–water partition coefficient (Wildman–Crippen LogP) is 3.25. The standard InChI is InChI=1S/C28H31FN6O2/c29-26-24(32-25(27(30)33-26)20-3-5-22-18(15-20)7-8-31-28(22)36)19-4-6-23(35-11-13-37-14-12-35)21(16-19)17-34-9-1-2-10-34/h3-6,15-16H,1-2,7-14,17H2,(H2,30,33)(H,31,36). The van der Waals surface area contributed by atoms with Gasteiger partial charge in [-0.15, -0.1) is 0 Å². The van der Waals surface area contributed by atoms with E-state index < -0.39 is 5.95 Å². The monoisotopic (exact) mass is 502 g/mol. The summed E-state index contributed by atoms with van der Waals surface area (Å²) < 4.78 is 20.8. The van der Waals surface area contributed by atoms with Gasteiger partial charge in [0.05, 0.1) is 13.2 Å². The van der Waals surface area contributed by atoms with Crippen molar-refractivity contribution in [3.05, 3.63) is 59.0 Å². The van der Waals surface area contributed by atoms with Crippen LogP contribution in [-0.4, -0.2) is 66.7 Å². The van der Waals surface area contributed by atoms with Crippen LogP contribution >= 0.6 is 0 Å². The molecule has 3 aliphatic rings. The summed E-state index contributed by atoms with van der Waals surface area (Å²) in [5, 5.41) is 2.85. The molecule has 1 amide bonds. The Hall–Kier alpha value is -3.56. The Kier molecular flexibility index (Phi) is 6.48. The number of benzene rings is 2. The van der Waals surface area contributed by atoms with E-state index in [-0.39, 0.29) is 17.4 Å². The highest BCUT2D eigenvalue weighted by Crippen LogP contribution is 2.33. The second-order valence-electron chi connectivity index (χ2n) is 9.90. The Morgan fingerprint density at radius 1 is 0.973 bits per heavy atom. The molecule has 3 aliphatic heterocycles. The summed E-state index contributed by atoms with van der Waals surface area (Å²) in [7, 11) is 0. The number of amides is 1. The summed E-state index contributed by atoms with van der Waals surface area (Å²) in [5.41, 5.74) is 12.0. The van der Waals surface area contributed by atoms with Crippen molar-refractivity contribution in [2.45, 2.75) is 25.8 Å². The quantitative estimate of drug-likeness (QED) is 0.553. The number of aromatic nitrogens is 2. The van der Waals surface area contributed by atoms with E-state index in [0.717, 1.165) is 61.5 Å². The molecule has 1 aromatic heterocycles. The number of likely N-dealkylation sites (tertiary alicyclic amines) is 1. The maximum Gasteiger partial charge on any atom is 0.251 e. The molecule has 4 heterocycles. The Bertz CT molecular complexity index is 1330. The zero-order valence-electron chi connectivity index (χ0n) is 20.8. The molecule has 8 nitrogen and oxygen atoms in total. The van der Waals surface area contributed by atoms with Gasteiger partial charge in [-0.1, -0.05) is 12.1 Å². The van der Waals surface area contributed by atoms with Gasteiger partial charge < -0.3 is 20.7 Å². The highest BCUT2D eigenvalue weighted by Gasteiger charge is 2.23. The molecule has 3 N–H and O–H groups in total. The van der Waals surface area contributed by atoms with Gasteiger partial charge >= 0.3 is 0 Å². The zero-order valence-corrected chi connectivity index (χ0v) is 20.8. The molecular formula is C28H31FN6O2. The molecule has 0 unspecified atom stereocenters. The fourth-order valence-corrected chi connectivity index (χ4v) is 5.55. The van der Waals surface area contributed by atoms with E-state index >= 15 is 4.39 Å². The van der Waals surface area contributed by atoms with Crippen molar-refractivity contribution in [1.82, 2.24) is 20.2 Å². The molecule has 9 heteroatoms. The second-order valence-corrected chi connectivity index (χ2v) is 9.90. The number of carbonyl (C=O) groups is 1. The van der Waals surface area contributed by atoms with Gasteiger partial charge in [-0.25, -0.2) is 4.98 Å². The van der Waals surface area contributed by atoms with Crippen molar-refractivity contribution in [2.24, 2.45) is 0 Å². The van der Waals surface area contributed by atoms with E-state index in [9.17, 15) is 4.79 Å². The highest BCUT2D eigenvalue weighted by atomic mass is 19.1. The first-order valence-corrected chi connectivity index (χ1v) is 13.0. The third-order valence-electron chi connectivity index (χ3n) is 7.48. The first-order valence-electron chi connectivity index (χ1n) is 13.0. The molecule has 6 rings (SSSR count). The Morgan fingerprint density at radius 3 is 2.54 bits per heavy atom. The number of carbonyl (C=O) groups excluding carboxylic acids is 1. The maximum absolute atomic E-state index is 15.2. The smallest absolute Gasteiger partial charge is 0.251 e. The fourth-order valence-electron chi connectivity index (χ4n) is 5.55. The van der Waals surface area contributed by atoms with Gasteiger partial charge in [-0.05, 0) is 67.7 Å². The van der Waals surface area contributed by atoms with E-state index in [1.165, 1.54) is 12.8 Å². The minimum absolute atomic E-state index is 0.0312. The van der Waals surface area contributed by atoms with Crippen molar-refractivity contribution in [3.8, 4) is 22.5 Å². The lowest BCUT2D eigenvalue weighted by Gasteiger charge is -2.31. The van der Waals surface area contributed by atoms with Crippen LogP contribution in [0.4, 0.5) is 15.9 Å². The van der Waals surface area contributed by atoms with Crippen LogP contribution in [0, 0.1) is 5.95 Å². The molecule has 0 saturated carbocycles. The zero-order chi connectivity index (χ0) is 25.4. The number of rotatable bonds is 5. The maximum atomic E-state index is 15.2. The van der Waals surface area contributed by atoms with Crippen LogP contribution in [0.15, 0.2) is 36.4 Å². The van der Waals surface area contributed by atoms with Gasteiger partial charge in [0.2, 0.25) is 5.95 Å². The Balaban J connectivity index is 1.39. The van der Waals surface area contributed by atoms with Crippen LogP contribution in [0.25, 0.3) is 22.5 Å². The van der Waals surface area contributed by atoms with Crippen molar-refractivity contribution in [3.63, 3.8) is 0 Å². The minimum atomic E-state index is -0.690. The van der Waals surface area contributed by atoms with Crippen LogP contribution in [0.5, 0.6) is 0 Å². The first kappa shape index (κ1) is 23.8. The number of hydrogen-bond donors (Lipinski definition) is 2. The van der Waals surface area contributed by atoms with Gasteiger partial charge in [-0.2, -0.15) is 9.37 Å². The molecule has 0 spiro atoms. The number of fused-ring (bicyclic) bond motifs is 1. The highest BCUT2D eigenvalue weighted by molar-refractivity contribution is 5.97. The van der Waals surface area contributed by atoms with Crippen LogP contribution < -0.4 is 16.0 Å². The third-order valence-corrected chi connectivity index (χ3v) is 7.48. The number of nitrogens with zero attached hydrogens (tertiary/aromatic N) is 4. The molecule has 2 fully saturated rings. The van der Waals surface area contributed by atoms with Crippen molar-refractivity contribution < 1.29 is 13.9 Å². The molecule has 3 aromatic rings. The van der Waals surface area contributed by atoms with Crippen LogP contribution in [0.3, 0.4) is 0 Å². The number of ether oxygens (including phenoxy) is 1. The van der Waals surface area contributed by atoms with Crippen molar-refractivity contribution in [2.75, 3.05) is 56.6 Å². The summed E-state index contributed by atoms with van der Waals surface area (Å²) in [6, 6.07) is 11.5. The minimum Gasteiger partial charge on any atom is -0.382 e. The predicted molar refractivity (Wildman–Crippen MR) is 141 cm³/mol. The lowest BCUT2D eigenvalue weighted by molar-refractivity contribution is 0.0946. The average Bonchev–Trinajstić information content (AvgIpc) is 3.42. The second kappa shape index (κ2) is 10.1. The summed E-state index contributed by atoms with van der Waals surface area (Å²) in [4.78, 5) is 25.7. The number of hydrogen-bond acceptors (Lipinski definition) is 7. The largest absolute Gasteiger partial charge is 0.382 e. The summed E-state index contributed by atoms with van der Waals surface area (Å²) >= 11 is 0. The Morgan fingerprint density at radius 2 is 1.73 bits per heavy atom. The molecular weight excluding hydrogens is 471 g/mol. The number of nitrogens with one attached hydrogen (secondary N) is 1. The van der Waals surface area contributed by atoms with E-state index in [4.69, 9.17) is 10.5 Å². The van der Waals surface area contributed by atoms with Crippen molar-refractivity contribution >= 4 is 17.4 Å².